The van der Waals surface area contributed by atoms with Crippen molar-refractivity contribution in [2.24, 2.45) is 0 Å². The van der Waals surface area contributed by atoms with Crippen molar-refractivity contribution in [3.63, 3.8) is 0 Å². The predicted molar refractivity (Wildman–Crippen MR) is 68.5 cm³/mol. The van der Waals surface area contributed by atoms with Gasteiger partial charge in [0.25, 0.3) is 0 Å². The Morgan fingerprint density at radius 3 is 2.67 bits per heavy atom. The normalized spacial score (nSPS) is 10.9. The molecule has 0 fully saturated rings. The Morgan fingerprint density at radius 2 is 1.94 bits per heavy atom. The average Bonchev–Trinajstić information content (AvgIpc) is 2.74. The number of rotatable bonds is 1. The molecule has 0 radical (unpaired) electrons. The van der Waals surface area contributed by atoms with Crippen molar-refractivity contribution in [2.45, 2.75) is 6.92 Å². The van der Waals surface area contributed by atoms with Gasteiger partial charge in [0, 0.05) is 12.3 Å². The zero-order valence-corrected chi connectivity index (χ0v) is 9.68. The van der Waals surface area contributed by atoms with Crippen LogP contribution in [0.5, 0.6) is 0 Å². The fourth-order valence-electron chi connectivity index (χ4n) is 1.67. The van der Waals surface area contributed by atoms with Crippen molar-refractivity contribution in [2.75, 3.05) is 11.5 Å². The van der Waals surface area contributed by atoms with Gasteiger partial charge in [-0.15, -0.1) is 0 Å². The summed E-state index contributed by atoms with van der Waals surface area (Å²) in [5, 5.41) is 0. The third-order valence-corrected chi connectivity index (χ3v) is 2.54. The van der Waals surface area contributed by atoms with E-state index >= 15 is 0 Å². The molecule has 0 aliphatic rings. The Balaban J connectivity index is 2.19. The highest BCUT2D eigenvalue weighted by atomic mass is 15.0. The molecule has 18 heavy (non-hydrogen) atoms. The van der Waals surface area contributed by atoms with E-state index in [1.807, 2.05) is 6.92 Å². The Bertz CT molecular complexity index is 714. The number of hydrogen-bond acceptors (Lipinski definition) is 6. The van der Waals surface area contributed by atoms with Crippen molar-refractivity contribution in [1.82, 2.24) is 24.9 Å². The fourth-order valence-corrected chi connectivity index (χ4v) is 1.67. The molecule has 5 N–H and O–H groups in total. The lowest BCUT2D eigenvalue weighted by Crippen LogP contribution is -1.94. The van der Waals surface area contributed by atoms with E-state index < -0.39 is 0 Å². The number of fused-ring (bicyclic) bond motifs is 1. The maximum absolute atomic E-state index is 5.85. The SMILES string of the molecule is Cc1cnc(-c2nc3nc(N)cc(N)c3[nH]2)cn1. The second-order valence-electron chi connectivity index (χ2n) is 3.96. The number of anilines is 2. The lowest BCUT2D eigenvalue weighted by atomic mass is 10.3. The summed E-state index contributed by atoms with van der Waals surface area (Å²) in [6.07, 6.45) is 3.32. The number of hydrogen-bond donors (Lipinski definition) is 3. The third-order valence-electron chi connectivity index (χ3n) is 2.54. The maximum atomic E-state index is 5.85. The van der Waals surface area contributed by atoms with Gasteiger partial charge >= 0.3 is 0 Å². The van der Waals surface area contributed by atoms with Gasteiger partial charge in [0.15, 0.2) is 11.5 Å². The monoisotopic (exact) mass is 241 g/mol. The largest absolute Gasteiger partial charge is 0.397 e. The van der Waals surface area contributed by atoms with Gasteiger partial charge in [-0.25, -0.2) is 15.0 Å². The molecule has 0 unspecified atom stereocenters. The number of nitrogen functional groups attached to an aromatic ring is 2. The number of pyridine rings is 1. The summed E-state index contributed by atoms with van der Waals surface area (Å²) in [4.78, 5) is 19.9. The van der Waals surface area contributed by atoms with Crippen molar-refractivity contribution in [1.29, 1.82) is 0 Å². The summed E-state index contributed by atoms with van der Waals surface area (Å²) in [7, 11) is 0. The van der Waals surface area contributed by atoms with Crippen LogP contribution in [0.25, 0.3) is 22.7 Å². The quantitative estimate of drug-likeness (QED) is 0.582. The predicted octanol–water partition coefficient (Wildman–Crippen LogP) is 0.888. The van der Waals surface area contributed by atoms with Crippen LogP contribution < -0.4 is 11.5 Å². The van der Waals surface area contributed by atoms with E-state index in [0.717, 1.165) is 5.69 Å². The highest BCUT2D eigenvalue weighted by Gasteiger charge is 2.10. The Morgan fingerprint density at radius 1 is 1.11 bits per heavy atom. The van der Waals surface area contributed by atoms with Gasteiger partial charge in [-0.1, -0.05) is 0 Å². The number of aromatic nitrogens is 5. The lowest BCUT2D eigenvalue weighted by Gasteiger charge is -1.96. The standard InChI is InChI=1S/C11H11N7/c1-5-3-15-7(4-14-5)10-17-9-6(12)2-8(13)16-11(9)18-10/h2-4H,1H3,(H5,12,13,16,17,18). The van der Waals surface area contributed by atoms with Gasteiger partial charge in [-0.3, -0.25) is 4.98 Å². The zero-order valence-electron chi connectivity index (χ0n) is 9.68. The van der Waals surface area contributed by atoms with Gasteiger partial charge in [-0.2, -0.15) is 0 Å². The molecule has 3 aromatic rings. The Labute approximate surface area is 102 Å². The van der Waals surface area contributed by atoms with Crippen molar-refractivity contribution in [3.8, 4) is 11.5 Å². The summed E-state index contributed by atoms with van der Waals surface area (Å²) in [6, 6.07) is 1.59. The molecule has 7 nitrogen and oxygen atoms in total. The third kappa shape index (κ3) is 1.61. The van der Waals surface area contributed by atoms with E-state index in [9.17, 15) is 0 Å². The van der Waals surface area contributed by atoms with Crippen LogP contribution in [0.4, 0.5) is 11.5 Å². The van der Waals surface area contributed by atoms with Crippen LogP contribution in [0.2, 0.25) is 0 Å². The fraction of sp³-hybridized carbons (Fsp3) is 0.0909. The van der Waals surface area contributed by atoms with E-state index in [1.165, 1.54) is 0 Å². The summed E-state index contributed by atoms with van der Waals surface area (Å²) >= 11 is 0. The first kappa shape index (κ1) is 10.5. The average molecular weight is 241 g/mol. The highest BCUT2D eigenvalue weighted by molar-refractivity contribution is 5.88. The summed E-state index contributed by atoms with van der Waals surface area (Å²) < 4.78 is 0. The molecule has 3 aromatic heterocycles. The molecular formula is C11H11N7. The first-order valence-electron chi connectivity index (χ1n) is 5.34. The topological polar surface area (TPSA) is 119 Å². The molecule has 0 spiro atoms. The van der Waals surface area contributed by atoms with Crippen LogP contribution in [-0.4, -0.2) is 24.9 Å². The number of imidazole rings is 1. The van der Waals surface area contributed by atoms with Crippen LogP contribution in [-0.2, 0) is 0 Å². The van der Waals surface area contributed by atoms with Gasteiger partial charge in [0.05, 0.1) is 17.6 Å². The van der Waals surface area contributed by atoms with Crippen LogP contribution in [0.1, 0.15) is 5.69 Å². The van der Waals surface area contributed by atoms with Gasteiger partial charge in [0.1, 0.15) is 17.0 Å². The number of H-pyrrole nitrogens is 1. The minimum atomic E-state index is 0.341. The zero-order chi connectivity index (χ0) is 12.7. The molecule has 0 aromatic carbocycles. The van der Waals surface area contributed by atoms with Crippen molar-refractivity contribution in [3.05, 3.63) is 24.2 Å². The molecule has 0 aliphatic carbocycles. The molecular weight excluding hydrogens is 230 g/mol. The van der Waals surface area contributed by atoms with Crippen LogP contribution in [0, 0.1) is 6.92 Å². The van der Waals surface area contributed by atoms with Gasteiger partial charge < -0.3 is 16.5 Å². The molecule has 0 saturated heterocycles. The van der Waals surface area contributed by atoms with E-state index in [1.54, 1.807) is 18.5 Å². The van der Waals surface area contributed by atoms with Gasteiger partial charge in [0.2, 0.25) is 0 Å². The first-order valence-corrected chi connectivity index (χ1v) is 5.34. The van der Waals surface area contributed by atoms with Crippen LogP contribution in [0.3, 0.4) is 0 Å². The van der Waals surface area contributed by atoms with E-state index in [-0.39, 0.29) is 0 Å². The molecule has 0 bridgehead atoms. The summed E-state index contributed by atoms with van der Waals surface area (Å²) in [5.74, 6) is 0.912. The lowest BCUT2D eigenvalue weighted by molar-refractivity contribution is 1.10. The Kier molecular flexibility index (Phi) is 2.12. The number of nitrogens with two attached hydrogens (primary N) is 2. The van der Waals surface area contributed by atoms with E-state index in [0.29, 0.717) is 34.2 Å². The number of aryl methyl sites for hydroxylation is 1. The van der Waals surface area contributed by atoms with Crippen molar-refractivity contribution >= 4 is 22.7 Å². The smallest absolute Gasteiger partial charge is 0.182 e. The molecule has 3 rings (SSSR count). The molecule has 0 atom stereocenters. The van der Waals surface area contributed by atoms with E-state index in [4.69, 9.17) is 11.5 Å². The molecule has 0 saturated carbocycles. The molecule has 7 heteroatoms. The maximum Gasteiger partial charge on any atom is 0.182 e. The van der Waals surface area contributed by atoms with Crippen molar-refractivity contribution < 1.29 is 0 Å². The second kappa shape index (κ2) is 3.66. The minimum Gasteiger partial charge on any atom is -0.397 e. The van der Waals surface area contributed by atoms with Crippen LogP contribution in [0.15, 0.2) is 18.5 Å². The molecule has 0 aliphatic heterocycles. The van der Waals surface area contributed by atoms with E-state index in [2.05, 4.69) is 24.9 Å². The van der Waals surface area contributed by atoms with Gasteiger partial charge in [-0.05, 0) is 6.92 Å². The Hall–Kier alpha value is -2.70. The van der Waals surface area contributed by atoms with Crippen LogP contribution >= 0.6 is 0 Å². The summed E-state index contributed by atoms with van der Waals surface area (Å²) in [5.41, 5.74) is 14.6. The minimum absolute atomic E-state index is 0.341. The highest BCUT2D eigenvalue weighted by Crippen LogP contribution is 2.22. The number of nitrogens with zero attached hydrogens (tertiary/aromatic N) is 4. The molecule has 3 heterocycles. The number of nitrogens with one attached hydrogen (secondary N) is 1. The first-order chi connectivity index (χ1) is 8.63. The number of aromatic amines is 1. The molecule has 90 valence electrons. The molecule has 0 amide bonds. The second-order valence-corrected chi connectivity index (χ2v) is 3.96. The summed E-state index contributed by atoms with van der Waals surface area (Å²) in [6.45, 7) is 1.87.